The van der Waals surface area contributed by atoms with Crippen LogP contribution in [0.3, 0.4) is 0 Å². The molecule has 0 aliphatic rings. The van der Waals surface area contributed by atoms with Crippen molar-refractivity contribution in [3.63, 3.8) is 0 Å². The minimum absolute atomic E-state index is 0.584. The molecule has 0 atom stereocenters. The number of fused-ring (bicyclic) bond motifs is 1. The van der Waals surface area contributed by atoms with Crippen LogP contribution in [0.2, 0.25) is 0 Å². The Morgan fingerprint density at radius 1 is 1.41 bits per heavy atom. The maximum atomic E-state index is 11.1. The molecule has 2 rings (SSSR count). The molecular weight excluding hydrogens is 232 g/mol. The van der Waals surface area contributed by atoms with Crippen molar-refractivity contribution in [1.29, 1.82) is 0 Å². The normalized spacial score (nSPS) is 11.9. The highest BCUT2D eigenvalue weighted by Crippen LogP contribution is 2.32. The van der Waals surface area contributed by atoms with E-state index in [9.17, 15) is 4.79 Å². The standard InChI is InChI=1S/C14H16O2S/c1-9-5-4-6-10-7-11(17-12(9)10)8-14(2,3)13(15)16/h4-7H,8H2,1-3H3,(H,15,16). The molecule has 17 heavy (non-hydrogen) atoms. The predicted octanol–water partition coefficient (Wildman–Crippen LogP) is 3.86. The van der Waals surface area contributed by atoms with Crippen molar-refractivity contribution >= 4 is 27.4 Å². The number of aryl methyl sites for hydroxylation is 1. The van der Waals surface area contributed by atoms with Crippen molar-refractivity contribution < 1.29 is 9.90 Å². The van der Waals surface area contributed by atoms with Crippen molar-refractivity contribution in [2.75, 3.05) is 0 Å². The fraction of sp³-hybridized carbons (Fsp3) is 0.357. The van der Waals surface area contributed by atoms with Crippen molar-refractivity contribution in [2.45, 2.75) is 27.2 Å². The summed E-state index contributed by atoms with van der Waals surface area (Å²) in [6, 6.07) is 8.31. The summed E-state index contributed by atoms with van der Waals surface area (Å²) in [6.07, 6.45) is 0.584. The van der Waals surface area contributed by atoms with E-state index in [1.165, 1.54) is 15.6 Å². The van der Waals surface area contributed by atoms with Crippen LogP contribution in [0.15, 0.2) is 24.3 Å². The van der Waals surface area contributed by atoms with Gasteiger partial charge < -0.3 is 5.11 Å². The molecular formula is C14H16O2S. The lowest BCUT2D eigenvalue weighted by Crippen LogP contribution is -2.25. The summed E-state index contributed by atoms with van der Waals surface area (Å²) in [4.78, 5) is 12.3. The molecule has 0 amide bonds. The highest BCUT2D eigenvalue weighted by molar-refractivity contribution is 7.19. The van der Waals surface area contributed by atoms with E-state index in [4.69, 9.17) is 5.11 Å². The maximum absolute atomic E-state index is 11.1. The summed E-state index contributed by atoms with van der Waals surface area (Å²) in [7, 11) is 0. The zero-order valence-electron chi connectivity index (χ0n) is 10.3. The molecule has 1 N–H and O–H groups in total. The third-order valence-electron chi connectivity index (χ3n) is 2.99. The number of aliphatic carboxylic acids is 1. The zero-order valence-corrected chi connectivity index (χ0v) is 11.1. The molecule has 2 aromatic rings. The molecule has 0 aliphatic heterocycles. The van der Waals surface area contributed by atoms with Gasteiger partial charge in [-0.15, -0.1) is 11.3 Å². The summed E-state index contributed by atoms with van der Waals surface area (Å²) in [5, 5.41) is 10.4. The van der Waals surface area contributed by atoms with Gasteiger partial charge in [-0.1, -0.05) is 18.2 Å². The van der Waals surface area contributed by atoms with Gasteiger partial charge in [0.1, 0.15) is 0 Å². The number of benzene rings is 1. The Balaban J connectivity index is 2.38. The Morgan fingerprint density at radius 3 is 2.71 bits per heavy atom. The Kier molecular flexibility index (Phi) is 2.96. The second kappa shape index (κ2) is 4.15. The number of thiophene rings is 1. The first kappa shape index (κ1) is 12.1. The van der Waals surface area contributed by atoms with E-state index in [2.05, 4.69) is 25.1 Å². The van der Waals surface area contributed by atoms with Gasteiger partial charge in [0.2, 0.25) is 0 Å². The number of carboxylic acid groups (broad SMARTS) is 1. The molecule has 1 heterocycles. The minimum Gasteiger partial charge on any atom is -0.481 e. The summed E-state index contributed by atoms with van der Waals surface area (Å²) in [5.41, 5.74) is 0.557. The van der Waals surface area contributed by atoms with Gasteiger partial charge in [-0.05, 0) is 44.2 Å². The fourth-order valence-electron chi connectivity index (χ4n) is 1.86. The Bertz CT molecular complexity index is 567. The van der Waals surface area contributed by atoms with Crippen LogP contribution >= 0.6 is 11.3 Å². The smallest absolute Gasteiger partial charge is 0.309 e. The van der Waals surface area contributed by atoms with E-state index in [1.54, 1.807) is 25.2 Å². The van der Waals surface area contributed by atoms with Crippen molar-refractivity contribution in [1.82, 2.24) is 0 Å². The van der Waals surface area contributed by atoms with Crippen molar-refractivity contribution in [3.8, 4) is 0 Å². The molecule has 0 radical (unpaired) electrons. The molecule has 0 spiro atoms. The van der Waals surface area contributed by atoms with Gasteiger partial charge >= 0.3 is 5.97 Å². The average molecular weight is 248 g/mol. The second-order valence-electron chi connectivity index (χ2n) is 5.07. The largest absolute Gasteiger partial charge is 0.481 e. The van der Waals surface area contributed by atoms with Gasteiger partial charge in [0.25, 0.3) is 0 Å². The molecule has 0 saturated carbocycles. The molecule has 90 valence electrons. The van der Waals surface area contributed by atoms with Crippen molar-refractivity contribution in [2.24, 2.45) is 5.41 Å². The zero-order chi connectivity index (χ0) is 12.6. The number of carbonyl (C=O) groups is 1. The first-order valence-corrected chi connectivity index (χ1v) is 6.43. The van der Waals surface area contributed by atoms with Gasteiger partial charge in [0, 0.05) is 9.58 Å². The Morgan fingerprint density at radius 2 is 2.12 bits per heavy atom. The van der Waals surface area contributed by atoms with E-state index >= 15 is 0 Å². The number of carboxylic acids is 1. The predicted molar refractivity (Wildman–Crippen MR) is 71.7 cm³/mol. The molecule has 1 aromatic heterocycles. The van der Waals surface area contributed by atoms with E-state index in [-0.39, 0.29) is 0 Å². The molecule has 0 unspecified atom stereocenters. The quantitative estimate of drug-likeness (QED) is 0.895. The Labute approximate surface area is 105 Å². The summed E-state index contributed by atoms with van der Waals surface area (Å²) < 4.78 is 1.27. The van der Waals surface area contributed by atoms with Gasteiger partial charge in [-0.3, -0.25) is 4.79 Å². The highest BCUT2D eigenvalue weighted by atomic mass is 32.1. The van der Waals surface area contributed by atoms with Gasteiger partial charge in [0.05, 0.1) is 5.41 Å². The SMILES string of the molecule is Cc1cccc2cc(CC(C)(C)C(=O)O)sc12. The lowest BCUT2D eigenvalue weighted by molar-refractivity contribution is -0.146. The van der Waals surface area contributed by atoms with E-state index in [0.29, 0.717) is 6.42 Å². The van der Waals surface area contributed by atoms with E-state index in [1.807, 2.05) is 6.07 Å². The van der Waals surface area contributed by atoms with Gasteiger partial charge in [-0.2, -0.15) is 0 Å². The number of hydrogen-bond acceptors (Lipinski definition) is 2. The monoisotopic (exact) mass is 248 g/mol. The minimum atomic E-state index is -0.744. The summed E-state index contributed by atoms with van der Waals surface area (Å²) >= 11 is 1.70. The van der Waals surface area contributed by atoms with Crippen LogP contribution in [-0.4, -0.2) is 11.1 Å². The lowest BCUT2D eigenvalue weighted by atomic mass is 9.89. The van der Waals surface area contributed by atoms with Crippen LogP contribution in [-0.2, 0) is 11.2 Å². The maximum Gasteiger partial charge on any atom is 0.309 e. The van der Waals surface area contributed by atoms with Gasteiger partial charge in [-0.25, -0.2) is 0 Å². The van der Waals surface area contributed by atoms with Crippen LogP contribution in [0.5, 0.6) is 0 Å². The van der Waals surface area contributed by atoms with Crippen molar-refractivity contribution in [3.05, 3.63) is 34.7 Å². The third kappa shape index (κ3) is 2.34. The highest BCUT2D eigenvalue weighted by Gasteiger charge is 2.28. The summed E-state index contributed by atoms with van der Waals surface area (Å²) in [6.45, 7) is 5.63. The van der Waals surface area contributed by atoms with Crippen LogP contribution in [0.25, 0.3) is 10.1 Å². The molecule has 0 aliphatic carbocycles. The lowest BCUT2D eigenvalue weighted by Gasteiger charge is -2.17. The van der Waals surface area contributed by atoms with Crippen LogP contribution < -0.4 is 0 Å². The van der Waals surface area contributed by atoms with Crippen LogP contribution in [0, 0.1) is 12.3 Å². The number of rotatable bonds is 3. The summed E-state index contributed by atoms with van der Waals surface area (Å²) in [5.74, 6) is -0.744. The molecule has 0 saturated heterocycles. The molecule has 1 aromatic carbocycles. The molecule has 3 heteroatoms. The average Bonchev–Trinajstić information content (AvgIpc) is 2.60. The molecule has 0 bridgehead atoms. The third-order valence-corrected chi connectivity index (χ3v) is 4.27. The topological polar surface area (TPSA) is 37.3 Å². The molecule has 0 fully saturated rings. The molecule has 2 nitrogen and oxygen atoms in total. The second-order valence-corrected chi connectivity index (χ2v) is 6.21. The van der Waals surface area contributed by atoms with Crippen LogP contribution in [0.4, 0.5) is 0 Å². The fourth-order valence-corrected chi connectivity index (χ4v) is 3.22. The first-order valence-electron chi connectivity index (χ1n) is 5.61. The van der Waals surface area contributed by atoms with Gasteiger partial charge in [0.15, 0.2) is 0 Å². The first-order chi connectivity index (χ1) is 7.90. The van der Waals surface area contributed by atoms with Crippen LogP contribution in [0.1, 0.15) is 24.3 Å². The van der Waals surface area contributed by atoms with E-state index in [0.717, 1.165) is 4.88 Å². The van der Waals surface area contributed by atoms with E-state index < -0.39 is 11.4 Å². The Hall–Kier alpha value is -1.35. The number of hydrogen-bond donors (Lipinski definition) is 1.